The van der Waals surface area contributed by atoms with Gasteiger partial charge < -0.3 is 43.2 Å². The van der Waals surface area contributed by atoms with E-state index in [4.69, 9.17) is 39.5 Å². The van der Waals surface area contributed by atoms with Crippen LogP contribution in [0.5, 0.6) is 0 Å². The third kappa shape index (κ3) is 23.7. The van der Waals surface area contributed by atoms with Crippen molar-refractivity contribution in [3.8, 4) is 0 Å². The van der Waals surface area contributed by atoms with E-state index in [1.807, 2.05) is 0 Å². The lowest BCUT2D eigenvalue weighted by Crippen LogP contribution is -2.39. The van der Waals surface area contributed by atoms with Crippen LogP contribution >= 0.6 is 11.6 Å². The number of fused-ring (bicyclic) bond motifs is 4. The molecule has 0 aromatic heterocycles. The van der Waals surface area contributed by atoms with E-state index in [0.717, 1.165) is 104 Å². The molecule has 0 heterocycles. The molecule has 4 bridgehead atoms. The van der Waals surface area contributed by atoms with Crippen LogP contribution in [0.15, 0.2) is 0 Å². The molecule has 9 nitrogen and oxygen atoms in total. The Hall–Kier alpha value is 0.798. The van der Waals surface area contributed by atoms with Gasteiger partial charge in [0.15, 0.2) is 26.4 Å². The molecule has 14 unspecified atom stereocenters. The second kappa shape index (κ2) is 30.6. The van der Waals surface area contributed by atoms with Crippen molar-refractivity contribution in [1.82, 2.24) is 0 Å². The maximum atomic E-state index is 9.73. The second-order valence-corrected chi connectivity index (χ2v) is 41.2. The SMILES string of the molecule is CC(CCCOCC(O)CO)CO[SiH2]CC1CC2CC(CCC(CCCCl)CC3CC4CC3CC4CC(C(CCCOCC(O)CO)CO[Si](C)(C)C)[Si](C)(C)C)C1C2.CO[Si](C)(C)C. The van der Waals surface area contributed by atoms with Crippen LogP contribution in [0, 0.1) is 65.1 Å². The number of alkyl halides is 1. The predicted octanol–water partition coefficient (Wildman–Crippen LogP) is 10.6. The van der Waals surface area contributed by atoms with E-state index >= 15 is 0 Å². The Labute approximate surface area is 410 Å². The highest BCUT2D eigenvalue weighted by Gasteiger charge is 2.49. The van der Waals surface area contributed by atoms with Crippen LogP contribution in [0.3, 0.4) is 0 Å². The van der Waals surface area contributed by atoms with Gasteiger partial charge in [0, 0.05) is 47.5 Å². The molecule has 4 N–H and O–H groups in total. The van der Waals surface area contributed by atoms with Crippen LogP contribution in [-0.2, 0) is 22.8 Å². The molecule has 4 saturated carbocycles. The zero-order valence-corrected chi connectivity index (χ0v) is 49.1. The van der Waals surface area contributed by atoms with Crippen molar-refractivity contribution in [2.75, 3.05) is 65.8 Å². The summed E-state index contributed by atoms with van der Waals surface area (Å²) in [7, 11) is -2.94. The smallest absolute Gasteiger partial charge is 0.183 e. The molecule has 0 aromatic rings. The summed E-state index contributed by atoms with van der Waals surface area (Å²) in [5, 5.41) is 37.3. The first kappa shape index (κ1) is 60.1. The third-order valence-electron chi connectivity index (χ3n) is 16.1. The Morgan fingerprint density at radius 3 is 1.75 bits per heavy atom. The molecule has 0 aromatic carbocycles. The minimum Gasteiger partial charge on any atom is -0.424 e. The maximum absolute atomic E-state index is 9.73. The summed E-state index contributed by atoms with van der Waals surface area (Å²) in [6.07, 6.45) is 19.6. The molecule has 0 saturated heterocycles. The molecule has 4 aliphatic rings. The molecule has 14 heteroatoms. The van der Waals surface area contributed by atoms with Crippen LogP contribution in [-0.4, -0.2) is 133 Å². The monoisotopic (exact) mass is 1010 g/mol. The van der Waals surface area contributed by atoms with Gasteiger partial charge in [-0.2, -0.15) is 0 Å². The van der Waals surface area contributed by atoms with Gasteiger partial charge in [0.1, 0.15) is 12.2 Å². The number of aliphatic hydroxyl groups is 4. The van der Waals surface area contributed by atoms with Gasteiger partial charge in [-0.3, -0.25) is 0 Å². The number of ether oxygens (including phenoxy) is 2. The molecule has 0 radical (unpaired) electrons. The number of rotatable bonds is 35. The van der Waals surface area contributed by atoms with Crippen molar-refractivity contribution >= 4 is 46.1 Å². The van der Waals surface area contributed by atoms with E-state index in [0.29, 0.717) is 25.0 Å². The topological polar surface area (TPSA) is 127 Å². The Kier molecular flexibility index (Phi) is 28.3. The van der Waals surface area contributed by atoms with Crippen molar-refractivity contribution in [2.24, 2.45) is 65.1 Å². The van der Waals surface area contributed by atoms with Crippen LogP contribution in [0.4, 0.5) is 0 Å². The average Bonchev–Trinajstić information content (AvgIpc) is 4.04. The van der Waals surface area contributed by atoms with E-state index in [1.165, 1.54) is 83.1 Å². The van der Waals surface area contributed by atoms with Crippen molar-refractivity contribution in [1.29, 1.82) is 0 Å². The minimum atomic E-state index is -1.63. The lowest BCUT2D eigenvalue weighted by molar-refractivity contribution is 0.00407. The summed E-state index contributed by atoms with van der Waals surface area (Å²) < 4.78 is 29.3. The van der Waals surface area contributed by atoms with Gasteiger partial charge in [0.05, 0.1) is 26.4 Å². The maximum Gasteiger partial charge on any atom is 0.183 e. The Morgan fingerprint density at radius 1 is 0.646 bits per heavy atom. The summed E-state index contributed by atoms with van der Waals surface area (Å²) in [4.78, 5) is 0. The fourth-order valence-corrected chi connectivity index (χ4v) is 17.8. The van der Waals surface area contributed by atoms with E-state index < -0.39 is 46.7 Å². The summed E-state index contributed by atoms with van der Waals surface area (Å²) in [5.74, 6) is 10.2. The zero-order chi connectivity index (χ0) is 48.2. The fraction of sp³-hybridized carbons (Fsp3) is 1.00. The molecule has 14 atom stereocenters. The van der Waals surface area contributed by atoms with Crippen molar-refractivity contribution in [3.63, 3.8) is 0 Å². The number of hydrogen-bond donors (Lipinski definition) is 4. The molecule has 65 heavy (non-hydrogen) atoms. The first-order chi connectivity index (χ1) is 30.7. The number of hydrogen-bond acceptors (Lipinski definition) is 9. The highest BCUT2D eigenvalue weighted by Crippen LogP contribution is 2.58. The Bertz CT molecular complexity index is 1240. The first-order valence-electron chi connectivity index (χ1n) is 26.7. The molecule has 0 aliphatic heterocycles. The normalized spacial score (nSPS) is 28.4. The van der Waals surface area contributed by atoms with Crippen molar-refractivity contribution in [3.05, 3.63) is 0 Å². The molecule has 0 amide bonds. The van der Waals surface area contributed by atoms with E-state index in [2.05, 4.69) is 65.8 Å². The zero-order valence-electron chi connectivity index (χ0n) is 43.9. The largest absolute Gasteiger partial charge is 0.424 e. The van der Waals surface area contributed by atoms with Gasteiger partial charge in [-0.05, 0) is 212 Å². The third-order valence-corrected chi connectivity index (χ3v) is 23.0. The molecule has 4 rings (SSSR count). The summed E-state index contributed by atoms with van der Waals surface area (Å²) in [5.41, 5.74) is 0.751. The van der Waals surface area contributed by atoms with E-state index in [-0.39, 0.29) is 26.4 Å². The van der Waals surface area contributed by atoms with Crippen molar-refractivity contribution < 1.29 is 43.2 Å². The van der Waals surface area contributed by atoms with Gasteiger partial charge in [0.2, 0.25) is 0 Å². The predicted molar refractivity (Wildman–Crippen MR) is 283 cm³/mol. The van der Waals surface area contributed by atoms with E-state index in [1.54, 1.807) is 7.11 Å². The highest BCUT2D eigenvalue weighted by atomic mass is 35.5. The second-order valence-electron chi connectivity index (χ2n) is 24.8. The molecular formula is C51H105ClO9Si4. The van der Waals surface area contributed by atoms with Gasteiger partial charge in [-0.15, -0.1) is 11.6 Å². The van der Waals surface area contributed by atoms with Crippen LogP contribution in [0.2, 0.25) is 70.5 Å². The molecule has 386 valence electrons. The van der Waals surface area contributed by atoms with Crippen molar-refractivity contribution in [2.45, 2.75) is 192 Å². The number of aliphatic hydroxyl groups excluding tert-OH is 4. The lowest BCUT2D eigenvalue weighted by Gasteiger charge is -2.41. The summed E-state index contributed by atoms with van der Waals surface area (Å²) >= 11 is 6.34. The standard InChI is InChI=1S/C47H93ClO8Si3.C4H12OSi/c1-34(11-9-17-53-31-44(51)27-49)29-55-57-33-43-21-36-20-37(46(43)22-36)15-14-35(12-8-16-48)19-39-23-41-24-40(39)25-42(41)26-47(58(2,3)4)38(30-56-59(5,6)7)13-10-18-54-32-45(52)28-50;1-5-6(2,3)4/h34-47,49-52H,8-33,57H2,1-7H3;1-4H3. The quantitative estimate of drug-likeness (QED) is 0.0279. The molecular weight excluding hydrogens is 904 g/mol. The highest BCUT2D eigenvalue weighted by molar-refractivity contribution is 6.77. The van der Waals surface area contributed by atoms with Crippen LogP contribution in [0.25, 0.3) is 0 Å². The number of halogens is 1. The summed E-state index contributed by atoms with van der Waals surface area (Å²) in [6.45, 7) is 26.5. The van der Waals surface area contributed by atoms with Gasteiger partial charge in [-0.1, -0.05) is 33.0 Å². The molecule has 4 fully saturated rings. The Morgan fingerprint density at radius 2 is 1.23 bits per heavy atom. The lowest BCUT2D eigenvalue weighted by atomic mass is 9.73. The first-order valence-corrected chi connectivity index (χ1v) is 39.2. The molecule has 0 spiro atoms. The van der Waals surface area contributed by atoms with Gasteiger partial charge in [-0.25, -0.2) is 0 Å². The summed E-state index contributed by atoms with van der Waals surface area (Å²) in [6, 6.07) is 1.37. The molecule has 4 aliphatic carbocycles. The van der Waals surface area contributed by atoms with Gasteiger partial charge in [0.25, 0.3) is 0 Å². The van der Waals surface area contributed by atoms with E-state index in [9.17, 15) is 15.3 Å². The Balaban J connectivity index is 0.00000175. The van der Waals surface area contributed by atoms with Crippen LogP contribution < -0.4 is 0 Å². The average molecular weight is 1010 g/mol. The minimum absolute atomic E-state index is 0.212. The fourth-order valence-electron chi connectivity index (χ4n) is 12.5. The van der Waals surface area contributed by atoms with Gasteiger partial charge >= 0.3 is 0 Å². The van der Waals surface area contributed by atoms with Crippen LogP contribution in [0.1, 0.15) is 110 Å².